The van der Waals surface area contributed by atoms with Gasteiger partial charge < -0.3 is 4.42 Å². The summed E-state index contributed by atoms with van der Waals surface area (Å²) >= 11 is 0. The summed E-state index contributed by atoms with van der Waals surface area (Å²) in [5, 5.41) is 4.44. The molecule has 1 aromatic carbocycles. The second kappa shape index (κ2) is 4.87. The van der Waals surface area contributed by atoms with E-state index < -0.39 is 0 Å². The van der Waals surface area contributed by atoms with Gasteiger partial charge in [0.15, 0.2) is 0 Å². The first-order chi connectivity index (χ1) is 7.81. The quantitative estimate of drug-likeness (QED) is 0.792. The summed E-state index contributed by atoms with van der Waals surface area (Å²) in [5.41, 5.74) is 0.938. The maximum absolute atomic E-state index is 5.75. The standard InChI is InChI=1S/C14H15NO/c1-3-4-9-15-11(2)14-10-12-7-5-6-8-13(12)16-14/h5-8,10-11,15H,9H2,1-2H3. The molecular weight excluding hydrogens is 198 g/mol. The minimum absolute atomic E-state index is 0.188. The highest BCUT2D eigenvalue weighted by Gasteiger charge is 2.09. The largest absolute Gasteiger partial charge is 0.459 e. The summed E-state index contributed by atoms with van der Waals surface area (Å²) in [5.74, 6) is 6.80. The highest BCUT2D eigenvalue weighted by Crippen LogP contribution is 2.23. The molecule has 0 aliphatic carbocycles. The minimum Gasteiger partial charge on any atom is -0.459 e. The van der Waals surface area contributed by atoms with Gasteiger partial charge in [-0.1, -0.05) is 24.1 Å². The van der Waals surface area contributed by atoms with Gasteiger partial charge in [-0.15, -0.1) is 5.92 Å². The number of fused-ring (bicyclic) bond motifs is 1. The number of rotatable bonds is 3. The monoisotopic (exact) mass is 213 g/mol. The predicted octanol–water partition coefficient (Wildman–Crippen LogP) is 3.11. The first-order valence-corrected chi connectivity index (χ1v) is 5.42. The lowest BCUT2D eigenvalue weighted by Gasteiger charge is -2.07. The van der Waals surface area contributed by atoms with Crippen LogP contribution in [0.5, 0.6) is 0 Å². The fourth-order valence-electron chi connectivity index (χ4n) is 1.61. The Kier molecular flexibility index (Phi) is 3.28. The fraction of sp³-hybridized carbons (Fsp3) is 0.286. The molecule has 1 N–H and O–H groups in total. The Morgan fingerprint density at radius 1 is 1.38 bits per heavy atom. The molecule has 1 unspecified atom stereocenters. The van der Waals surface area contributed by atoms with E-state index in [-0.39, 0.29) is 6.04 Å². The molecule has 0 fully saturated rings. The van der Waals surface area contributed by atoms with Crippen molar-refractivity contribution < 1.29 is 4.42 Å². The molecule has 16 heavy (non-hydrogen) atoms. The van der Waals surface area contributed by atoms with E-state index in [2.05, 4.69) is 36.2 Å². The Labute approximate surface area is 95.6 Å². The third-order valence-corrected chi connectivity index (χ3v) is 2.54. The zero-order valence-corrected chi connectivity index (χ0v) is 9.58. The van der Waals surface area contributed by atoms with Crippen LogP contribution in [0, 0.1) is 11.8 Å². The SMILES string of the molecule is CC#CCNC(C)c1cc2ccccc2o1. The maximum Gasteiger partial charge on any atom is 0.134 e. The van der Waals surface area contributed by atoms with Crippen LogP contribution in [-0.2, 0) is 0 Å². The molecule has 2 rings (SSSR count). The molecule has 1 heterocycles. The van der Waals surface area contributed by atoms with Crippen LogP contribution >= 0.6 is 0 Å². The molecule has 0 aliphatic rings. The third kappa shape index (κ3) is 2.26. The molecule has 1 atom stereocenters. The van der Waals surface area contributed by atoms with Crippen molar-refractivity contribution in [2.45, 2.75) is 19.9 Å². The van der Waals surface area contributed by atoms with Crippen molar-refractivity contribution in [1.82, 2.24) is 5.32 Å². The van der Waals surface area contributed by atoms with Gasteiger partial charge in [0.05, 0.1) is 12.6 Å². The average molecular weight is 213 g/mol. The van der Waals surface area contributed by atoms with Crippen LogP contribution in [0.3, 0.4) is 0 Å². The van der Waals surface area contributed by atoms with Crippen LogP contribution in [0.2, 0.25) is 0 Å². The van der Waals surface area contributed by atoms with Gasteiger partial charge in [0.25, 0.3) is 0 Å². The van der Waals surface area contributed by atoms with Crippen LogP contribution in [0.25, 0.3) is 11.0 Å². The van der Waals surface area contributed by atoms with E-state index in [0.717, 1.165) is 16.7 Å². The van der Waals surface area contributed by atoms with Gasteiger partial charge in [-0.2, -0.15) is 0 Å². The first kappa shape index (κ1) is 10.8. The van der Waals surface area contributed by atoms with Gasteiger partial charge in [0.2, 0.25) is 0 Å². The van der Waals surface area contributed by atoms with E-state index in [9.17, 15) is 0 Å². The predicted molar refractivity (Wildman–Crippen MR) is 66.1 cm³/mol. The van der Waals surface area contributed by atoms with Gasteiger partial charge in [0, 0.05) is 5.39 Å². The molecule has 0 bridgehead atoms. The van der Waals surface area contributed by atoms with E-state index in [4.69, 9.17) is 4.42 Å². The smallest absolute Gasteiger partial charge is 0.134 e. The third-order valence-electron chi connectivity index (χ3n) is 2.54. The molecule has 0 saturated carbocycles. The zero-order chi connectivity index (χ0) is 11.4. The lowest BCUT2D eigenvalue weighted by Crippen LogP contribution is -2.18. The zero-order valence-electron chi connectivity index (χ0n) is 9.58. The van der Waals surface area contributed by atoms with Gasteiger partial charge in [-0.05, 0) is 26.0 Å². The molecule has 0 aliphatic heterocycles. The second-order valence-electron chi connectivity index (χ2n) is 3.72. The minimum atomic E-state index is 0.188. The Morgan fingerprint density at radius 2 is 2.19 bits per heavy atom. The molecule has 0 saturated heterocycles. The van der Waals surface area contributed by atoms with Crippen molar-refractivity contribution in [1.29, 1.82) is 0 Å². The van der Waals surface area contributed by atoms with Gasteiger partial charge >= 0.3 is 0 Å². The second-order valence-corrected chi connectivity index (χ2v) is 3.72. The van der Waals surface area contributed by atoms with E-state index in [1.807, 2.05) is 25.1 Å². The van der Waals surface area contributed by atoms with E-state index in [0.29, 0.717) is 6.54 Å². The average Bonchev–Trinajstić information content (AvgIpc) is 2.73. The van der Waals surface area contributed by atoms with Crippen LogP contribution < -0.4 is 5.32 Å². The number of benzene rings is 1. The number of furan rings is 1. The van der Waals surface area contributed by atoms with Crippen molar-refractivity contribution >= 4 is 11.0 Å². The Balaban J connectivity index is 2.15. The molecule has 82 valence electrons. The van der Waals surface area contributed by atoms with Crippen molar-refractivity contribution in [3.63, 3.8) is 0 Å². The molecule has 2 nitrogen and oxygen atoms in total. The van der Waals surface area contributed by atoms with Crippen molar-refractivity contribution in [3.8, 4) is 11.8 Å². The molecular formula is C14H15NO. The normalized spacial score (nSPS) is 12.1. The summed E-state index contributed by atoms with van der Waals surface area (Å²) < 4.78 is 5.75. The molecule has 2 aromatic rings. The number of hydrogen-bond donors (Lipinski definition) is 1. The van der Waals surface area contributed by atoms with E-state index >= 15 is 0 Å². The van der Waals surface area contributed by atoms with Crippen molar-refractivity contribution in [3.05, 3.63) is 36.1 Å². The van der Waals surface area contributed by atoms with Gasteiger partial charge in [0.1, 0.15) is 11.3 Å². The Hall–Kier alpha value is -1.72. The van der Waals surface area contributed by atoms with Crippen LogP contribution in [0.4, 0.5) is 0 Å². The number of hydrogen-bond acceptors (Lipinski definition) is 2. The summed E-state index contributed by atoms with van der Waals surface area (Å²) in [6.07, 6.45) is 0. The molecule has 2 heteroatoms. The number of nitrogens with one attached hydrogen (secondary N) is 1. The first-order valence-electron chi connectivity index (χ1n) is 5.42. The summed E-state index contributed by atoms with van der Waals surface area (Å²) in [7, 11) is 0. The van der Waals surface area contributed by atoms with Crippen LogP contribution in [-0.4, -0.2) is 6.54 Å². The molecule has 1 aromatic heterocycles. The highest BCUT2D eigenvalue weighted by atomic mass is 16.3. The molecule has 0 amide bonds. The Morgan fingerprint density at radius 3 is 2.94 bits per heavy atom. The van der Waals surface area contributed by atoms with E-state index in [1.165, 1.54) is 0 Å². The number of para-hydroxylation sites is 1. The summed E-state index contributed by atoms with van der Waals surface area (Å²) in [6.45, 7) is 4.61. The highest BCUT2D eigenvalue weighted by molar-refractivity contribution is 5.77. The van der Waals surface area contributed by atoms with Gasteiger partial charge in [-0.3, -0.25) is 5.32 Å². The van der Waals surface area contributed by atoms with Crippen LogP contribution in [0.15, 0.2) is 34.7 Å². The molecule has 0 radical (unpaired) electrons. The van der Waals surface area contributed by atoms with E-state index in [1.54, 1.807) is 0 Å². The Bertz CT molecular complexity index is 497. The maximum atomic E-state index is 5.75. The summed E-state index contributed by atoms with van der Waals surface area (Å²) in [4.78, 5) is 0. The van der Waals surface area contributed by atoms with Crippen molar-refractivity contribution in [2.75, 3.05) is 6.54 Å². The van der Waals surface area contributed by atoms with Crippen LogP contribution in [0.1, 0.15) is 25.6 Å². The lowest BCUT2D eigenvalue weighted by molar-refractivity contribution is 0.467. The topological polar surface area (TPSA) is 25.2 Å². The molecule has 0 spiro atoms. The fourth-order valence-corrected chi connectivity index (χ4v) is 1.61. The lowest BCUT2D eigenvalue weighted by atomic mass is 10.2. The van der Waals surface area contributed by atoms with Gasteiger partial charge in [-0.25, -0.2) is 0 Å². The summed E-state index contributed by atoms with van der Waals surface area (Å²) in [6, 6.07) is 10.3. The van der Waals surface area contributed by atoms with Crippen molar-refractivity contribution in [2.24, 2.45) is 0 Å².